The van der Waals surface area contributed by atoms with Crippen LogP contribution in [0.25, 0.3) is 0 Å². The van der Waals surface area contributed by atoms with Crippen LogP contribution in [-0.2, 0) is 14.8 Å². The molecule has 2 heterocycles. The minimum Gasteiger partial charge on any atom is -0.355 e. The summed E-state index contributed by atoms with van der Waals surface area (Å²) in [5.41, 5.74) is -0.765. The highest BCUT2D eigenvalue weighted by atomic mass is 32.2. The number of piperidine rings is 1. The molecular formula is C16H25FN2O3S. The fourth-order valence-electron chi connectivity index (χ4n) is 3.26. The van der Waals surface area contributed by atoms with Crippen molar-refractivity contribution in [1.82, 2.24) is 9.21 Å². The summed E-state index contributed by atoms with van der Waals surface area (Å²) < 4.78 is 46.5. The van der Waals surface area contributed by atoms with Gasteiger partial charge < -0.3 is 9.64 Å². The zero-order valence-corrected chi connectivity index (χ0v) is 13.6. The second-order valence-electron chi connectivity index (χ2n) is 6.17. The molecule has 130 valence electrons. The summed E-state index contributed by atoms with van der Waals surface area (Å²) in [6.45, 7) is 3.81. The number of likely N-dealkylation sites (tertiary alicyclic amines) is 1. The molecule has 0 N–H and O–H groups in total. The van der Waals surface area contributed by atoms with Crippen LogP contribution in [0.15, 0.2) is 29.2 Å². The van der Waals surface area contributed by atoms with Crippen molar-refractivity contribution in [3.8, 4) is 0 Å². The Bertz CT molecular complexity index is 640. The van der Waals surface area contributed by atoms with Gasteiger partial charge in [0.2, 0.25) is 10.0 Å². The Labute approximate surface area is 138 Å². The predicted molar refractivity (Wildman–Crippen MR) is 87.0 cm³/mol. The van der Waals surface area contributed by atoms with Gasteiger partial charge in [-0.1, -0.05) is 7.43 Å². The third-order valence-corrected chi connectivity index (χ3v) is 6.40. The number of nitrogens with zero attached hydrogens (tertiary/aromatic N) is 2. The van der Waals surface area contributed by atoms with Crippen LogP contribution < -0.4 is 0 Å². The van der Waals surface area contributed by atoms with Crippen molar-refractivity contribution in [3.63, 3.8) is 0 Å². The third kappa shape index (κ3) is 3.28. The maximum Gasteiger partial charge on any atom is 0.245 e. The van der Waals surface area contributed by atoms with Gasteiger partial charge in [0.15, 0.2) is 0 Å². The largest absolute Gasteiger partial charge is 0.355 e. The van der Waals surface area contributed by atoms with E-state index in [2.05, 4.69) is 4.90 Å². The molecule has 1 atom stereocenters. The average Bonchev–Trinajstić information content (AvgIpc) is 2.80. The van der Waals surface area contributed by atoms with E-state index in [4.69, 9.17) is 4.74 Å². The molecule has 1 aromatic carbocycles. The summed E-state index contributed by atoms with van der Waals surface area (Å²) in [5.74, 6) is -0.445. The maximum atomic E-state index is 13.1. The van der Waals surface area contributed by atoms with Crippen molar-refractivity contribution in [2.24, 2.45) is 0 Å². The molecule has 0 radical (unpaired) electrons. The first-order valence-corrected chi connectivity index (χ1v) is 8.92. The summed E-state index contributed by atoms with van der Waals surface area (Å²) in [4.78, 5) is 2.28. The van der Waals surface area contributed by atoms with Crippen LogP contribution in [-0.4, -0.2) is 56.1 Å². The molecule has 3 rings (SSSR count). The van der Waals surface area contributed by atoms with E-state index in [1.54, 1.807) is 0 Å². The minimum atomic E-state index is -3.69. The van der Waals surface area contributed by atoms with Crippen LogP contribution in [0.2, 0.25) is 0 Å². The molecule has 5 nitrogen and oxygen atoms in total. The summed E-state index contributed by atoms with van der Waals surface area (Å²) in [7, 11) is -1.67. The molecule has 1 aromatic rings. The second kappa shape index (κ2) is 6.47. The van der Waals surface area contributed by atoms with E-state index in [0.29, 0.717) is 19.4 Å². The summed E-state index contributed by atoms with van der Waals surface area (Å²) in [5, 5.41) is 0. The van der Waals surface area contributed by atoms with Gasteiger partial charge >= 0.3 is 0 Å². The molecule has 0 aliphatic carbocycles. The fourth-order valence-corrected chi connectivity index (χ4v) is 5.06. The molecule has 2 aliphatic heterocycles. The summed E-state index contributed by atoms with van der Waals surface area (Å²) in [6, 6.07) is 4.98. The lowest BCUT2D eigenvalue weighted by Gasteiger charge is -2.41. The van der Waals surface area contributed by atoms with Gasteiger partial charge in [-0.3, -0.25) is 0 Å². The fraction of sp³-hybridized carbons (Fsp3) is 0.625. The number of hydrogen-bond acceptors (Lipinski definition) is 4. The van der Waals surface area contributed by atoms with Crippen molar-refractivity contribution in [2.75, 3.05) is 26.7 Å². The van der Waals surface area contributed by atoms with Gasteiger partial charge in [-0.2, -0.15) is 4.31 Å². The molecular weight excluding hydrogens is 319 g/mol. The molecule has 2 saturated heterocycles. The van der Waals surface area contributed by atoms with E-state index in [1.807, 2.05) is 14.0 Å². The first-order chi connectivity index (χ1) is 10.3. The monoisotopic (exact) mass is 344 g/mol. The van der Waals surface area contributed by atoms with Crippen molar-refractivity contribution in [1.29, 1.82) is 0 Å². The molecule has 2 aliphatic rings. The number of hydrogen-bond donors (Lipinski definition) is 0. The SMILES string of the molecule is C.CC1CN(S(=O)(=O)c2ccc(F)cc2)C2(CCN(C)CC2)O1. The minimum absolute atomic E-state index is 0. The van der Waals surface area contributed by atoms with Gasteiger partial charge in [-0.05, 0) is 38.2 Å². The first-order valence-electron chi connectivity index (χ1n) is 7.48. The molecule has 1 unspecified atom stereocenters. The van der Waals surface area contributed by atoms with E-state index < -0.39 is 21.6 Å². The van der Waals surface area contributed by atoms with Gasteiger partial charge in [0.1, 0.15) is 11.5 Å². The Balaban J connectivity index is 0.00000192. The van der Waals surface area contributed by atoms with E-state index in [9.17, 15) is 12.8 Å². The number of sulfonamides is 1. The quantitative estimate of drug-likeness (QED) is 0.826. The molecule has 1 spiro atoms. The molecule has 23 heavy (non-hydrogen) atoms. The van der Waals surface area contributed by atoms with Gasteiger partial charge in [0, 0.05) is 32.5 Å². The highest BCUT2D eigenvalue weighted by Gasteiger charge is 2.52. The second-order valence-corrected chi connectivity index (χ2v) is 8.03. The average molecular weight is 344 g/mol. The lowest BCUT2D eigenvalue weighted by atomic mass is 10.0. The Morgan fingerprint density at radius 2 is 1.78 bits per heavy atom. The highest BCUT2D eigenvalue weighted by molar-refractivity contribution is 7.89. The topological polar surface area (TPSA) is 49.9 Å². The van der Waals surface area contributed by atoms with Crippen LogP contribution in [0, 0.1) is 5.82 Å². The zero-order valence-electron chi connectivity index (χ0n) is 12.8. The van der Waals surface area contributed by atoms with Gasteiger partial charge in [0.05, 0.1) is 11.0 Å². The van der Waals surface area contributed by atoms with E-state index in [0.717, 1.165) is 13.1 Å². The van der Waals surface area contributed by atoms with Crippen molar-refractivity contribution in [3.05, 3.63) is 30.1 Å². The zero-order chi connectivity index (χ0) is 16.0. The summed E-state index contributed by atoms with van der Waals surface area (Å²) in [6.07, 6.45) is 1.15. The molecule has 0 bridgehead atoms. The van der Waals surface area contributed by atoms with Crippen molar-refractivity contribution in [2.45, 2.75) is 43.9 Å². The lowest BCUT2D eigenvalue weighted by molar-refractivity contribution is -0.107. The Hall–Kier alpha value is -1.02. The molecule has 0 aromatic heterocycles. The van der Waals surface area contributed by atoms with Crippen molar-refractivity contribution >= 4 is 10.0 Å². The number of benzene rings is 1. The van der Waals surface area contributed by atoms with Gasteiger partial charge in [-0.15, -0.1) is 0 Å². The van der Waals surface area contributed by atoms with Crippen LogP contribution in [0.4, 0.5) is 4.39 Å². The Morgan fingerprint density at radius 1 is 1.22 bits per heavy atom. The van der Waals surface area contributed by atoms with Crippen molar-refractivity contribution < 1.29 is 17.5 Å². The van der Waals surface area contributed by atoms with E-state index in [1.165, 1.54) is 28.6 Å². The predicted octanol–water partition coefficient (Wildman–Crippen LogP) is 2.29. The van der Waals surface area contributed by atoms with Gasteiger partial charge in [-0.25, -0.2) is 12.8 Å². The molecule has 2 fully saturated rings. The summed E-state index contributed by atoms with van der Waals surface area (Å²) >= 11 is 0. The molecule has 0 saturated carbocycles. The van der Waals surface area contributed by atoms with Crippen LogP contribution in [0.3, 0.4) is 0 Å². The van der Waals surface area contributed by atoms with Crippen LogP contribution in [0.5, 0.6) is 0 Å². The lowest BCUT2D eigenvalue weighted by Crippen LogP contribution is -2.54. The standard InChI is InChI=1S/C15H21FN2O3S.CH4/c1-12-11-18(15(21-12)7-9-17(2)10-8-15)22(19,20)14-5-3-13(16)4-6-14;/h3-6,12H,7-11H2,1-2H3;1H4. The smallest absolute Gasteiger partial charge is 0.245 e. The Kier molecular flexibility index (Phi) is 5.15. The highest BCUT2D eigenvalue weighted by Crippen LogP contribution is 2.40. The van der Waals surface area contributed by atoms with Gasteiger partial charge in [0.25, 0.3) is 0 Å². The third-order valence-electron chi connectivity index (χ3n) is 4.47. The number of rotatable bonds is 2. The van der Waals surface area contributed by atoms with E-state index in [-0.39, 0.29) is 18.4 Å². The molecule has 0 amide bonds. The molecule has 7 heteroatoms. The van der Waals surface area contributed by atoms with Crippen LogP contribution in [0.1, 0.15) is 27.2 Å². The van der Waals surface area contributed by atoms with Crippen LogP contribution >= 0.6 is 0 Å². The normalized spacial score (nSPS) is 25.4. The Morgan fingerprint density at radius 3 is 2.35 bits per heavy atom. The maximum absolute atomic E-state index is 13.1. The number of halogens is 1. The van der Waals surface area contributed by atoms with E-state index >= 15 is 0 Å². The number of ether oxygens (including phenoxy) is 1. The first kappa shape index (κ1) is 18.3.